The van der Waals surface area contributed by atoms with E-state index in [1.165, 1.54) is 0 Å². The second-order valence-corrected chi connectivity index (χ2v) is 5.20. The van der Waals surface area contributed by atoms with Crippen LogP contribution in [-0.2, 0) is 0 Å². The van der Waals surface area contributed by atoms with Gasteiger partial charge in [-0.25, -0.2) is 0 Å². The lowest BCUT2D eigenvalue weighted by molar-refractivity contribution is 0.219. The van der Waals surface area contributed by atoms with Gasteiger partial charge in [-0.3, -0.25) is 4.98 Å². The summed E-state index contributed by atoms with van der Waals surface area (Å²) >= 11 is 0. The first-order valence-electron chi connectivity index (χ1n) is 6.91. The van der Waals surface area contributed by atoms with Crippen molar-refractivity contribution in [1.82, 2.24) is 10.1 Å². The predicted octanol–water partition coefficient (Wildman–Crippen LogP) is 3.14. The summed E-state index contributed by atoms with van der Waals surface area (Å²) in [4.78, 5) is 4.01. The van der Waals surface area contributed by atoms with Crippen molar-refractivity contribution in [3.05, 3.63) is 65.3 Å². The van der Waals surface area contributed by atoms with Gasteiger partial charge in [-0.1, -0.05) is 11.2 Å². The molecule has 0 saturated carbocycles. The third-order valence-electron chi connectivity index (χ3n) is 3.58. The summed E-state index contributed by atoms with van der Waals surface area (Å²) in [6.45, 7) is 3.66. The highest BCUT2D eigenvalue weighted by atomic mass is 16.5. The first kappa shape index (κ1) is 14.3. The highest BCUT2D eigenvalue weighted by Crippen LogP contribution is 2.33. The lowest BCUT2D eigenvalue weighted by Gasteiger charge is -2.13. The Morgan fingerprint density at radius 1 is 1.14 bits per heavy atom. The Bertz CT molecular complexity index is 777. The van der Waals surface area contributed by atoms with Crippen molar-refractivity contribution in [2.24, 2.45) is 0 Å². The molecule has 5 heteroatoms. The fourth-order valence-corrected chi connectivity index (χ4v) is 2.56. The largest absolute Gasteiger partial charge is 0.508 e. The van der Waals surface area contributed by atoms with Crippen LogP contribution in [0.25, 0.3) is 11.1 Å². The van der Waals surface area contributed by atoms with Crippen molar-refractivity contribution in [2.45, 2.75) is 20.0 Å². The van der Waals surface area contributed by atoms with Crippen LogP contribution in [0.1, 0.15) is 28.7 Å². The molecule has 1 unspecified atom stereocenters. The first-order valence-corrected chi connectivity index (χ1v) is 6.91. The van der Waals surface area contributed by atoms with Crippen molar-refractivity contribution in [2.75, 3.05) is 0 Å². The Labute approximate surface area is 127 Å². The lowest BCUT2D eigenvalue weighted by atomic mass is 9.96. The van der Waals surface area contributed by atoms with Gasteiger partial charge in [-0.15, -0.1) is 0 Å². The fourth-order valence-electron chi connectivity index (χ4n) is 2.56. The van der Waals surface area contributed by atoms with Crippen LogP contribution in [0.15, 0.2) is 47.2 Å². The van der Waals surface area contributed by atoms with E-state index in [-0.39, 0.29) is 5.75 Å². The Balaban J connectivity index is 2.08. The Kier molecular flexibility index (Phi) is 3.65. The number of aliphatic hydroxyl groups is 1. The molecule has 0 aliphatic heterocycles. The quantitative estimate of drug-likeness (QED) is 0.776. The molecule has 0 saturated heterocycles. The maximum Gasteiger partial charge on any atom is 0.141 e. The SMILES string of the molecule is Cc1noc(C)c1-c1cc(O)cc(C(O)c2cccnc2)c1. The molecule has 1 aromatic carbocycles. The van der Waals surface area contributed by atoms with Gasteiger partial charge in [0.2, 0.25) is 0 Å². The number of aromatic nitrogens is 2. The van der Waals surface area contributed by atoms with E-state index in [0.717, 1.165) is 16.8 Å². The Morgan fingerprint density at radius 3 is 2.59 bits per heavy atom. The van der Waals surface area contributed by atoms with Gasteiger partial charge in [-0.05, 0) is 49.2 Å². The molecule has 1 atom stereocenters. The molecule has 5 nitrogen and oxygen atoms in total. The molecule has 0 spiro atoms. The van der Waals surface area contributed by atoms with Crippen molar-refractivity contribution in [3.8, 4) is 16.9 Å². The molecule has 0 bridgehead atoms. The summed E-state index contributed by atoms with van der Waals surface area (Å²) in [7, 11) is 0. The number of rotatable bonds is 3. The fraction of sp³-hybridized carbons (Fsp3) is 0.176. The number of hydrogen-bond donors (Lipinski definition) is 2. The van der Waals surface area contributed by atoms with Crippen molar-refractivity contribution in [3.63, 3.8) is 0 Å². The molecule has 2 heterocycles. The number of phenolic OH excluding ortho intramolecular Hbond substituents is 1. The summed E-state index contributed by atoms with van der Waals surface area (Å²) in [5.74, 6) is 0.750. The molecule has 2 N–H and O–H groups in total. The van der Waals surface area contributed by atoms with E-state index < -0.39 is 6.10 Å². The molecule has 0 fully saturated rings. The zero-order valence-corrected chi connectivity index (χ0v) is 12.3. The second-order valence-electron chi connectivity index (χ2n) is 5.20. The number of hydrogen-bond acceptors (Lipinski definition) is 5. The number of aliphatic hydroxyl groups excluding tert-OH is 1. The molecule has 3 aromatic rings. The van der Waals surface area contributed by atoms with Gasteiger partial charge in [0.1, 0.15) is 17.6 Å². The average molecular weight is 296 g/mol. The minimum absolute atomic E-state index is 0.0791. The molecule has 22 heavy (non-hydrogen) atoms. The predicted molar refractivity (Wildman–Crippen MR) is 81.4 cm³/mol. The van der Waals surface area contributed by atoms with E-state index in [2.05, 4.69) is 10.1 Å². The van der Waals surface area contributed by atoms with E-state index in [4.69, 9.17) is 4.52 Å². The van der Waals surface area contributed by atoms with Gasteiger partial charge < -0.3 is 14.7 Å². The number of benzene rings is 1. The zero-order valence-electron chi connectivity index (χ0n) is 12.3. The van der Waals surface area contributed by atoms with E-state index in [0.29, 0.717) is 16.9 Å². The maximum absolute atomic E-state index is 10.5. The van der Waals surface area contributed by atoms with Crippen LogP contribution in [0.4, 0.5) is 0 Å². The third kappa shape index (κ3) is 2.58. The molecule has 3 rings (SSSR count). The van der Waals surface area contributed by atoms with Gasteiger partial charge in [0.05, 0.1) is 5.69 Å². The summed E-state index contributed by atoms with van der Waals surface area (Å²) in [5, 5.41) is 24.4. The second kappa shape index (κ2) is 5.61. The van der Waals surface area contributed by atoms with Crippen LogP contribution in [0.5, 0.6) is 5.75 Å². The highest BCUT2D eigenvalue weighted by Gasteiger charge is 2.17. The van der Waals surface area contributed by atoms with Crippen LogP contribution >= 0.6 is 0 Å². The number of nitrogens with zero attached hydrogens (tertiary/aromatic N) is 2. The van der Waals surface area contributed by atoms with E-state index in [9.17, 15) is 10.2 Å². The van der Waals surface area contributed by atoms with E-state index >= 15 is 0 Å². The molecule has 0 radical (unpaired) electrons. The molecule has 0 amide bonds. The summed E-state index contributed by atoms with van der Waals surface area (Å²) in [6, 6.07) is 8.54. The van der Waals surface area contributed by atoms with E-state index in [1.807, 2.05) is 19.9 Å². The highest BCUT2D eigenvalue weighted by molar-refractivity contribution is 5.70. The molecule has 0 aliphatic carbocycles. The third-order valence-corrected chi connectivity index (χ3v) is 3.58. The lowest BCUT2D eigenvalue weighted by Crippen LogP contribution is -2.00. The van der Waals surface area contributed by atoms with Crippen LogP contribution in [0.2, 0.25) is 0 Å². The summed E-state index contributed by atoms with van der Waals surface area (Å²) in [5.41, 5.74) is 3.58. The van der Waals surface area contributed by atoms with Crippen LogP contribution < -0.4 is 0 Å². The van der Waals surface area contributed by atoms with Gasteiger partial charge in [0.25, 0.3) is 0 Å². The number of pyridine rings is 1. The number of phenols is 1. The number of aryl methyl sites for hydroxylation is 2. The van der Waals surface area contributed by atoms with Gasteiger partial charge >= 0.3 is 0 Å². The minimum Gasteiger partial charge on any atom is -0.508 e. The zero-order chi connectivity index (χ0) is 15.7. The number of aromatic hydroxyl groups is 1. The topological polar surface area (TPSA) is 79.4 Å². The molecular weight excluding hydrogens is 280 g/mol. The minimum atomic E-state index is -0.861. The van der Waals surface area contributed by atoms with Gasteiger partial charge in [-0.2, -0.15) is 0 Å². The maximum atomic E-state index is 10.5. The monoisotopic (exact) mass is 296 g/mol. The van der Waals surface area contributed by atoms with Gasteiger partial charge in [0.15, 0.2) is 0 Å². The van der Waals surface area contributed by atoms with Crippen LogP contribution in [-0.4, -0.2) is 20.4 Å². The molecule has 2 aromatic heterocycles. The summed E-state index contributed by atoms with van der Waals surface area (Å²) in [6.07, 6.45) is 2.39. The van der Waals surface area contributed by atoms with Gasteiger partial charge in [0, 0.05) is 23.5 Å². The molecule has 0 aliphatic rings. The van der Waals surface area contributed by atoms with Crippen molar-refractivity contribution < 1.29 is 14.7 Å². The Morgan fingerprint density at radius 2 is 1.95 bits per heavy atom. The van der Waals surface area contributed by atoms with Crippen LogP contribution in [0, 0.1) is 13.8 Å². The average Bonchev–Trinajstić information content (AvgIpc) is 2.86. The smallest absolute Gasteiger partial charge is 0.141 e. The normalized spacial score (nSPS) is 12.3. The van der Waals surface area contributed by atoms with Crippen molar-refractivity contribution in [1.29, 1.82) is 0 Å². The van der Waals surface area contributed by atoms with Crippen LogP contribution in [0.3, 0.4) is 0 Å². The van der Waals surface area contributed by atoms with E-state index in [1.54, 1.807) is 36.7 Å². The Hall–Kier alpha value is -2.66. The first-order chi connectivity index (χ1) is 10.6. The molecule has 112 valence electrons. The standard InChI is InChI=1S/C17H16N2O3/c1-10-16(11(2)22-19-10)13-6-14(8-15(20)7-13)17(21)12-4-3-5-18-9-12/h3-9,17,20-21H,1-2H3. The van der Waals surface area contributed by atoms with Crippen molar-refractivity contribution >= 4 is 0 Å². The summed E-state index contributed by atoms with van der Waals surface area (Å²) < 4.78 is 5.17. The molecular formula is C17H16N2O3.